The summed E-state index contributed by atoms with van der Waals surface area (Å²) in [7, 11) is 0. The Morgan fingerprint density at radius 2 is 1.96 bits per heavy atom. The lowest BCUT2D eigenvalue weighted by atomic mass is 10.1. The maximum Gasteiger partial charge on any atom is 0.308 e. The number of rotatable bonds is 5. The first-order valence-corrected chi connectivity index (χ1v) is 8.78. The first kappa shape index (κ1) is 17.1. The zero-order valence-corrected chi connectivity index (χ0v) is 14.5. The molecule has 1 N–H and O–H groups in total. The topological polar surface area (TPSA) is 51.1 Å². The smallest absolute Gasteiger partial charge is 0.308 e. The molecule has 0 saturated heterocycles. The lowest BCUT2D eigenvalue weighted by Gasteiger charge is -2.09. The number of hydrogen-bond donors (Lipinski definition) is 1. The normalized spacial score (nSPS) is 10.6. The van der Waals surface area contributed by atoms with Gasteiger partial charge in [-0.1, -0.05) is 42.5 Å². The van der Waals surface area contributed by atoms with E-state index in [0.29, 0.717) is 16.9 Å². The minimum absolute atomic E-state index is 0.121. The maximum absolute atomic E-state index is 13.4. The lowest BCUT2D eigenvalue weighted by Crippen LogP contribution is -2.25. The van der Waals surface area contributed by atoms with Gasteiger partial charge >= 0.3 is 4.87 Å². The molecule has 6 heteroatoms. The molecule has 1 heterocycles. The number of nitrogens with one attached hydrogen (secondary N) is 1. The second-order valence-electron chi connectivity index (χ2n) is 5.58. The monoisotopic (exact) mass is 356 g/mol. The molecule has 0 radical (unpaired) electrons. The number of anilines is 1. The number of carbonyl (C=O) groups is 1. The van der Waals surface area contributed by atoms with Gasteiger partial charge in [-0.3, -0.25) is 14.2 Å². The molecule has 0 unspecified atom stereocenters. The molecule has 128 valence electrons. The van der Waals surface area contributed by atoms with Crippen LogP contribution in [0.4, 0.5) is 10.1 Å². The van der Waals surface area contributed by atoms with E-state index in [1.807, 2.05) is 24.3 Å². The van der Waals surface area contributed by atoms with Gasteiger partial charge < -0.3 is 5.32 Å². The van der Waals surface area contributed by atoms with Crippen LogP contribution in [0.5, 0.6) is 0 Å². The molecule has 3 aromatic rings. The van der Waals surface area contributed by atoms with Crippen LogP contribution in [0.25, 0.3) is 11.3 Å². The molecular weight excluding hydrogens is 339 g/mol. The van der Waals surface area contributed by atoms with Crippen LogP contribution in [0.15, 0.2) is 58.7 Å². The Balaban J connectivity index is 1.79. The molecular formula is C19H17FN2O2S. The van der Waals surface area contributed by atoms with Crippen molar-refractivity contribution in [2.75, 3.05) is 5.32 Å². The van der Waals surface area contributed by atoms with Crippen molar-refractivity contribution in [1.29, 1.82) is 0 Å². The van der Waals surface area contributed by atoms with E-state index >= 15 is 0 Å². The van der Waals surface area contributed by atoms with Gasteiger partial charge in [-0.15, -0.1) is 0 Å². The van der Waals surface area contributed by atoms with Crippen LogP contribution in [-0.2, 0) is 17.8 Å². The highest BCUT2D eigenvalue weighted by molar-refractivity contribution is 7.07. The fourth-order valence-corrected chi connectivity index (χ4v) is 3.29. The zero-order valence-electron chi connectivity index (χ0n) is 13.7. The molecule has 0 saturated carbocycles. The highest BCUT2D eigenvalue weighted by atomic mass is 32.1. The number of thiazole rings is 1. The molecule has 0 aliphatic carbocycles. The largest absolute Gasteiger partial charge is 0.325 e. The van der Waals surface area contributed by atoms with Gasteiger partial charge in [-0.05, 0) is 36.2 Å². The predicted octanol–water partition coefficient (Wildman–Crippen LogP) is 3.92. The zero-order chi connectivity index (χ0) is 17.8. The molecule has 4 nitrogen and oxygen atoms in total. The third-order valence-corrected chi connectivity index (χ3v) is 4.61. The first-order chi connectivity index (χ1) is 12.1. The van der Waals surface area contributed by atoms with Crippen LogP contribution in [0.2, 0.25) is 0 Å². The van der Waals surface area contributed by atoms with E-state index in [-0.39, 0.29) is 23.1 Å². The van der Waals surface area contributed by atoms with Gasteiger partial charge in [0, 0.05) is 16.6 Å². The quantitative estimate of drug-likeness (QED) is 0.753. The van der Waals surface area contributed by atoms with Crippen LogP contribution in [0, 0.1) is 5.82 Å². The van der Waals surface area contributed by atoms with Gasteiger partial charge in [0.1, 0.15) is 12.4 Å². The lowest BCUT2D eigenvalue weighted by molar-refractivity contribution is -0.116. The summed E-state index contributed by atoms with van der Waals surface area (Å²) in [6.45, 7) is 1.94. The third kappa shape index (κ3) is 4.03. The van der Waals surface area contributed by atoms with Crippen LogP contribution in [0.1, 0.15) is 12.5 Å². The van der Waals surface area contributed by atoms with E-state index in [9.17, 15) is 14.0 Å². The Bertz CT molecular complexity index is 945. The summed E-state index contributed by atoms with van der Waals surface area (Å²) >= 11 is 0.990. The Morgan fingerprint density at radius 3 is 2.64 bits per heavy atom. The SMILES string of the molecule is CCc1ccc(NC(=O)Cn2c(-c3cccc(F)c3)csc2=O)cc1. The number of halogens is 1. The summed E-state index contributed by atoms with van der Waals surface area (Å²) in [5.74, 6) is -0.689. The van der Waals surface area contributed by atoms with Crippen molar-refractivity contribution in [2.24, 2.45) is 0 Å². The van der Waals surface area contributed by atoms with E-state index in [1.54, 1.807) is 17.5 Å². The average molecular weight is 356 g/mol. The van der Waals surface area contributed by atoms with Gasteiger partial charge in [0.25, 0.3) is 0 Å². The highest BCUT2D eigenvalue weighted by Crippen LogP contribution is 2.21. The van der Waals surface area contributed by atoms with E-state index in [0.717, 1.165) is 17.8 Å². The predicted molar refractivity (Wildman–Crippen MR) is 98.4 cm³/mol. The minimum atomic E-state index is -0.386. The van der Waals surface area contributed by atoms with Crippen molar-refractivity contribution in [3.8, 4) is 11.3 Å². The Morgan fingerprint density at radius 1 is 1.20 bits per heavy atom. The molecule has 0 fully saturated rings. The first-order valence-electron chi connectivity index (χ1n) is 7.90. The number of aryl methyl sites for hydroxylation is 1. The van der Waals surface area contributed by atoms with Crippen LogP contribution in [0.3, 0.4) is 0 Å². The molecule has 2 aromatic carbocycles. The summed E-state index contributed by atoms with van der Waals surface area (Å²) in [6, 6.07) is 13.5. The van der Waals surface area contributed by atoms with Crippen LogP contribution in [-0.4, -0.2) is 10.5 Å². The van der Waals surface area contributed by atoms with E-state index in [2.05, 4.69) is 12.2 Å². The summed E-state index contributed by atoms with van der Waals surface area (Å²) < 4.78 is 14.8. The molecule has 1 amide bonds. The Labute approximate surface area is 148 Å². The number of aromatic nitrogens is 1. The van der Waals surface area contributed by atoms with Crippen molar-refractivity contribution in [3.63, 3.8) is 0 Å². The number of hydrogen-bond acceptors (Lipinski definition) is 3. The molecule has 3 rings (SSSR count). The highest BCUT2D eigenvalue weighted by Gasteiger charge is 2.13. The van der Waals surface area contributed by atoms with Crippen molar-refractivity contribution >= 4 is 22.9 Å². The minimum Gasteiger partial charge on any atom is -0.325 e. The summed E-state index contributed by atoms with van der Waals surface area (Å²) in [5.41, 5.74) is 2.96. The Kier molecular flexibility index (Phi) is 5.09. The number of benzene rings is 2. The van der Waals surface area contributed by atoms with E-state index in [4.69, 9.17) is 0 Å². The molecule has 1 aromatic heterocycles. The van der Waals surface area contributed by atoms with Gasteiger partial charge in [-0.2, -0.15) is 0 Å². The van der Waals surface area contributed by atoms with Crippen LogP contribution < -0.4 is 10.2 Å². The van der Waals surface area contributed by atoms with E-state index < -0.39 is 0 Å². The summed E-state index contributed by atoms with van der Waals surface area (Å²) in [5, 5.41) is 4.42. The summed E-state index contributed by atoms with van der Waals surface area (Å²) in [6.07, 6.45) is 0.926. The number of carbonyl (C=O) groups excluding carboxylic acids is 1. The van der Waals surface area contributed by atoms with E-state index in [1.165, 1.54) is 22.3 Å². The number of amides is 1. The third-order valence-electron chi connectivity index (χ3n) is 3.85. The molecule has 0 bridgehead atoms. The van der Waals surface area contributed by atoms with Crippen molar-refractivity contribution in [2.45, 2.75) is 19.9 Å². The molecule has 0 spiro atoms. The standard InChI is InChI=1S/C19H17FN2O2S/c1-2-13-6-8-16(9-7-13)21-18(23)11-22-17(12-25-19(22)24)14-4-3-5-15(20)10-14/h3-10,12H,2,11H2,1H3,(H,21,23). The van der Waals surface area contributed by atoms with Crippen molar-refractivity contribution < 1.29 is 9.18 Å². The molecule has 25 heavy (non-hydrogen) atoms. The van der Waals surface area contributed by atoms with Crippen molar-refractivity contribution in [1.82, 2.24) is 4.57 Å². The second-order valence-corrected chi connectivity index (χ2v) is 6.40. The molecule has 0 aliphatic rings. The van der Waals surface area contributed by atoms with Gasteiger partial charge in [0.05, 0.1) is 5.69 Å². The molecule has 0 atom stereocenters. The van der Waals surface area contributed by atoms with Gasteiger partial charge in [0.2, 0.25) is 5.91 Å². The second kappa shape index (κ2) is 7.44. The fraction of sp³-hybridized carbons (Fsp3) is 0.158. The van der Waals surface area contributed by atoms with Gasteiger partial charge in [0.15, 0.2) is 0 Å². The fourth-order valence-electron chi connectivity index (χ4n) is 2.52. The number of nitrogens with zero attached hydrogens (tertiary/aromatic N) is 1. The van der Waals surface area contributed by atoms with Gasteiger partial charge in [-0.25, -0.2) is 4.39 Å². The summed E-state index contributed by atoms with van der Waals surface area (Å²) in [4.78, 5) is 24.1. The molecule has 0 aliphatic heterocycles. The maximum atomic E-state index is 13.4. The van der Waals surface area contributed by atoms with Crippen LogP contribution >= 0.6 is 11.3 Å². The Hall–Kier alpha value is -2.73. The average Bonchev–Trinajstić information content (AvgIpc) is 2.96. The van der Waals surface area contributed by atoms with Crippen molar-refractivity contribution in [3.05, 3.63) is 75.0 Å².